The summed E-state index contributed by atoms with van der Waals surface area (Å²) in [6.07, 6.45) is 6.16. The van der Waals surface area contributed by atoms with E-state index in [1.54, 1.807) is 12.4 Å². The Hall–Kier alpha value is -2.51. The molecular formula is C19H20N4O2S. The van der Waals surface area contributed by atoms with Crippen molar-refractivity contribution in [1.29, 1.82) is 0 Å². The van der Waals surface area contributed by atoms with Crippen molar-refractivity contribution in [3.8, 4) is 16.9 Å². The first-order valence-corrected chi connectivity index (χ1v) is 10.4. The van der Waals surface area contributed by atoms with Crippen molar-refractivity contribution in [2.45, 2.75) is 19.0 Å². The molecule has 7 heteroatoms. The lowest BCUT2D eigenvalue weighted by atomic mass is 10.1. The van der Waals surface area contributed by atoms with Gasteiger partial charge in [-0.2, -0.15) is 5.10 Å². The number of sulfone groups is 1. The molecule has 3 aromatic rings. The van der Waals surface area contributed by atoms with Crippen molar-refractivity contribution in [2.75, 3.05) is 11.5 Å². The van der Waals surface area contributed by atoms with Gasteiger partial charge in [-0.3, -0.25) is 4.98 Å². The summed E-state index contributed by atoms with van der Waals surface area (Å²) in [5.74, 6) is 0.482. The van der Waals surface area contributed by atoms with E-state index in [-0.39, 0.29) is 17.5 Å². The van der Waals surface area contributed by atoms with Crippen LogP contribution in [0.5, 0.6) is 0 Å². The van der Waals surface area contributed by atoms with Gasteiger partial charge in [-0.1, -0.05) is 18.2 Å². The van der Waals surface area contributed by atoms with Crippen LogP contribution in [0.3, 0.4) is 0 Å². The van der Waals surface area contributed by atoms with Gasteiger partial charge in [0.25, 0.3) is 0 Å². The highest BCUT2D eigenvalue weighted by Gasteiger charge is 2.27. The lowest BCUT2D eigenvalue weighted by Gasteiger charge is -2.10. The van der Waals surface area contributed by atoms with Crippen molar-refractivity contribution in [1.82, 2.24) is 20.1 Å². The number of hydrogen-bond donors (Lipinski definition) is 1. The number of rotatable bonds is 5. The standard InChI is InChI=1S/C19H20N4O2S/c24-26(25)11-8-17(14-26)21-12-16-13-23(18-4-2-1-3-5-18)22-19(16)15-6-9-20-10-7-15/h1-7,9-10,13,17,21H,8,11-12,14H2. The summed E-state index contributed by atoms with van der Waals surface area (Å²) >= 11 is 0. The second-order valence-corrected chi connectivity index (χ2v) is 8.73. The first kappa shape index (κ1) is 16.9. The summed E-state index contributed by atoms with van der Waals surface area (Å²) < 4.78 is 25.2. The number of benzene rings is 1. The fourth-order valence-corrected chi connectivity index (χ4v) is 4.92. The Morgan fingerprint density at radius 1 is 1.12 bits per heavy atom. The fourth-order valence-electron chi connectivity index (χ4n) is 3.22. The molecule has 1 atom stereocenters. The highest BCUT2D eigenvalue weighted by atomic mass is 32.2. The number of nitrogens with one attached hydrogen (secondary N) is 1. The summed E-state index contributed by atoms with van der Waals surface area (Å²) in [6, 6.07) is 13.8. The van der Waals surface area contributed by atoms with E-state index in [4.69, 9.17) is 5.10 Å². The van der Waals surface area contributed by atoms with Crippen molar-refractivity contribution in [3.63, 3.8) is 0 Å². The van der Waals surface area contributed by atoms with Gasteiger partial charge in [0.15, 0.2) is 9.84 Å². The number of para-hydroxylation sites is 1. The zero-order valence-corrected chi connectivity index (χ0v) is 15.1. The summed E-state index contributed by atoms with van der Waals surface area (Å²) in [6.45, 7) is 0.574. The molecule has 6 nitrogen and oxygen atoms in total. The molecule has 1 aliphatic heterocycles. The van der Waals surface area contributed by atoms with Crippen molar-refractivity contribution in [2.24, 2.45) is 0 Å². The first-order valence-electron chi connectivity index (χ1n) is 8.59. The first-order chi connectivity index (χ1) is 12.6. The van der Waals surface area contributed by atoms with Crippen LogP contribution in [0.1, 0.15) is 12.0 Å². The molecule has 1 saturated heterocycles. The van der Waals surface area contributed by atoms with Crippen LogP contribution in [0.2, 0.25) is 0 Å². The molecule has 1 unspecified atom stereocenters. The summed E-state index contributed by atoms with van der Waals surface area (Å²) in [5, 5.41) is 8.14. The van der Waals surface area contributed by atoms with Gasteiger partial charge in [-0.25, -0.2) is 13.1 Å². The molecule has 1 N–H and O–H groups in total. The normalized spacial score (nSPS) is 18.8. The molecule has 0 spiro atoms. The van der Waals surface area contributed by atoms with Gasteiger partial charge < -0.3 is 5.32 Å². The van der Waals surface area contributed by atoms with E-state index in [9.17, 15) is 8.42 Å². The number of aromatic nitrogens is 3. The molecule has 1 aromatic carbocycles. The average Bonchev–Trinajstić information content (AvgIpc) is 3.24. The highest BCUT2D eigenvalue weighted by molar-refractivity contribution is 7.91. The molecule has 3 heterocycles. The minimum Gasteiger partial charge on any atom is -0.309 e. The van der Waals surface area contributed by atoms with Gasteiger partial charge in [0, 0.05) is 42.3 Å². The maximum Gasteiger partial charge on any atom is 0.151 e. The van der Waals surface area contributed by atoms with E-state index < -0.39 is 9.84 Å². The predicted molar refractivity (Wildman–Crippen MR) is 101 cm³/mol. The molecule has 4 rings (SSSR count). The lowest BCUT2D eigenvalue weighted by molar-refractivity contribution is 0.554. The summed E-state index contributed by atoms with van der Waals surface area (Å²) in [7, 11) is -2.89. The smallest absolute Gasteiger partial charge is 0.151 e. The van der Waals surface area contributed by atoms with Crippen molar-refractivity contribution in [3.05, 3.63) is 66.6 Å². The Balaban J connectivity index is 1.63. The zero-order valence-electron chi connectivity index (χ0n) is 14.2. The summed E-state index contributed by atoms with van der Waals surface area (Å²) in [4.78, 5) is 4.07. The average molecular weight is 368 g/mol. The van der Waals surface area contributed by atoms with E-state index in [1.165, 1.54) is 0 Å². The maximum atomic E-state index is 11.7. The van der Waals surface area contributed by atoms with Gasteiger partial charge in [-0.05, 0) is 30.7 Å². The predicted octanol–water partition coefficient (Wildman–Crippen LogP) is 2.21. The maximum absolute atomic E-state index is 11.7. The van der Waals surface area contributed by atoms with E-state index >= 15 is 0 Å². The SMILES string of the molecule is O=S1(=O)CCC(NCc2cn(-c3ccccc3)nc2-c2ccncc2)C1. The van der Waals surface area contributed by atoms with Gasteiger partial charge in [0.1, 0.15) is 0 Å². The fraction of sp³-hybridized carbons (Fsp3) is 0.263. The van der Waals surface area contributed by atoms with E-state index in [2.05, 4.69) is 10.3 Å². The minimum absolute atomic E-state index is 0.00497. The third kappa shape index (κ3) is 3.68. The zero-order chi connectivity index (χ0) is 18.0. The van der Waals surface area contributed by atoms with Gasteiger partial charge >= 0.3 is 0 Å². The second-order valence-electron chi connectivity index (χ2n) is 6.50. The highest BCUT2D eigenvalue weighted by Crippen LogP contribution is 2.24. The quantitative estimate of drug-likeness (QED) is 0.747. The molecular weight excluding hydrogens is 348 g/mol. The number of nitrogens with zero attached hydrogens (tertiary/aromatic N) is 3. The molecule has 134 valence electrons. The molecule has 1 fully saturated rings. The van der Waals surface area contributed by atoms with E-state index in [0.717, 1.165) is 22.5 Å². The van der Waals surface area contributed by atoms with Gasteiger partial charge in [-0.15, -0.1) is 0 Å². The second kappa shape index (κ2) is 7.01. The molecule has 0 bridgehead atoms. The Morgan fingerprint density at radius 2 is 1.88 bits per heavy atom. The molecule has 26 heavy (non-hydrogen) atoms. The topological polar surface area (TPSA) is 76.9 Å². The van der Waals surface area contributed by atoms with E-state index in [0.29, 0.717) is 13.0 Å². The van der Waals surface area contributed by atoms with Crippen LogP contribution in [0.25, 0.3) is 16.9 Å². The third-order valence-electron chi connectivity index (χ3n) is 4.58. The van der Waals surface area contributed by atoms with Crippen LogP contribution in [-0.2, 0) is 16.4 Å². The summed E-state index contributed by atoms with van der Waals surface area (Å²) in [5.41, 5.74) is 3.89. The molecule has 0 saturated carbocycles. The molecule has 0 amide bonds. The lowest BCUT2D eigenvalue weighted by Crippen LogP contribution is -2.29. The Bertz CT molecular complexity index is 985. The van der Waals surface area contributed by atoms with Crippen LogP contribution >= 0.6 is 0 Å². The Kier molecular flexibility index (Phi) is 4.57. The van der Waals surface area contributed by atoms with Crippen molar-refractivity contribution >= 4 is 9.84 Å². The largest absolute Gasteiger partial charge is 0.309 e. The number of pyridine rings is 1. The molecule has 0 radical (unpaired) electrons. The molecule has 2 aromatic heterocycles. The van der Waals surface area contributed by atoms with Crippen molar-refractivity contribution < 1.29 is 8.42 Å². The van der Waals surface area contributed by atoms with Crippen LogP contribution in [-0.4, -0.2) is 40.7 Å². The van der Waals surface area contributed by atoms with Crippen LogP contribution in [0.15, 0.2) is 61.1 Å². The molecule has 1 aliphatic rings. The van der Waals surface area contributed by atoms with Crippen LogP contribution < -0.4 is 5.32 Å². The Morgan fingerprint density at radius 3 is 2.58 bits per heavy atom. The molecule has 0 aliphatic carbocycles. The number of hydrogen-bond acceptors (Lipinski definition) is 5. The van der Waals surface area contributed by atoms with Gasteiger partial charge in [0.2, 0.25) is 0 Å². The van der Waals surface area contributed by atoms with E-state index in [1.807, 2.05) is 53.3 Å². The third-order valence-corrected chi connectivity index (χ3v) is 6.35. The van der Waals surface area contributed by atoms with Crippen LogP contribution in [0, 0.1) is 0 Å². The van der Waals surface area contributed by atoms with Gasteiger partial charge in [0.05, 0.1) is 22.9 Å². The van der Waals surface area contributed by atoms with Crippen LogP contribution in [0.4, 0.5) is 0 Å². The minimum atomic E-state index is -2.89. The monoisotopic (exact) mass is 368 g/mol. The Labute approximate surface area is 152 Å².